The molecule has 0 bridgehead atoms. The average Bonchev–Trinajstić information content (AvgIpc) is 2.55. The predicted octanol–water partition coefficient (Wildman–Crippen LogP) is 4.38. The summed E-state index contributed by atoms with van der Waals surface area (Å²) >= 11 is 0. The Morgan fingerprint density at radius 3 is 2.31 bits per heavy atom. The highest BCUT2D eigenvalue weighted by Crippen LogP contribution is 2.30. The third kappa shape index (κ3) is 1.84. The van der Waals surface area contributed by atoms with E-state index < -0.39 is 0 Å². The van der Waals surface area contributed by atoms with Crippen molar-refractivity contribution in [3.63, 3.8) is 0 Å². The normalized spacial score (nSPS) is 11.9. The molecule has 16 heavy (non-hydrogen) atoms. The van der Waals surface area contributed by atoms with Gasteiger partial charge in [-0.15, -0.1) is 0 Å². The fourth-order valence-electron chi connectivity index (χ4n) is 1.95. The van der Waals surface area contributed by atoms with Crippen molar-refractivity contribution in [3.8, 4) is 0 Å². The molecule has 0 saturated heterocycles. The number of hydrogen-bond donors (Lipinski definition) is 0. The van der Waals surface area contributed by atoms with Crippen LogP contribution in [-0.2, 0) is 0 Å². The van der Waals surface area contributed by atoms with E-state index in [4.69, 9.17) is 4.42 Å². The summed E-state index contributed by atoms with van der Waals surface area (Å²) in [5, 5.41) is 0. The molecule has 86 valence electrons. The topological polar surface area (TPSA) is 26.0 Å². The van der Waals surface area contributed by atoms with E-state index >= 15 is 0 Å². The zero-order valence-electron chi connectivity index (χ0n) is 10.7. The van der Waals surface area contributed by atoms with E-state index in [1.807, 2.05) is 6.92 Å². The average molecular weight is 217 g/mol. The molecule has 0 saturated carbocycles. The predicted molar refractivity (Wildman–Crippen MR) is 66.9 cm³/mol. The van der Waals surface area contributed by atoms with E-state index in [-0.39, 0.29) is 0 Å². The van der Waals surface area contributed by atoms with Crippen LogP contribution in [0.1, 0.15) is 56.5 Å². The van der Waals surface area contributed by atoms with Crippen LogP contribution in [0, 0.1) is 6.92 Å². The fourth-order valence-corrected chi connectivity index (χ4v) is 1.95. The van der Waals surface area contributed by atoms with Crippen molar-refractivity contribution in [2.45, 2.75) is 46.5 Å². The first kappa shape index (κ1) is 11.2. The summed E-state index contributed by atoms with van der Waals surface area (Å²) in [5.74, 6) is 1.74. The molecule has 0 spiro atoms. The second kappa shape index (κ2) is 3.93. The van der Waals surface area contributed by atoms with Gasteiger partial charge in [-0.25, -0.2) is 4.98 Å². The summed E-state index contributed by atoms with van der Waals surface area (Å²) in [6.07, 6.45) is 0. The van der Waals surface area contributed by atoms with Crippen molar-refractivity contribution in [1.82, 2.24) is 4.98 Å². The molecule has 0 aliphatic rings. The first-order valence-corrected chi connectivity index (χ1v) is 5.90. The molecule has 1 heterocycles. The molecule has 0 unspecified atom stereocenters. The second-order valence-corrected chi connectivity index (χ2v) is 5.00. The van der Waals surface area contributed by atoms with Crippen molar-refractivity contribution >= 4 is 11.1 Å². The summed E-state index contributed by atoms with van der Waals surface area (Å²) in [4.78, 5) is 4.43. The van der Waals surface area contributed by atoms with Crippen LogP contribution in [-0.4, -0.2) is 4.98 Å². The van der Waals surface area contributed by atoms with Gasteiger partial charge in [0.15, 0.2) is 11.5 Å². The lowest BCUT2D eigenvalue weighted by molar-refractivity contribution is 0.555. The van der Waals surface area contributed by atoms with Gasteiger partial charge in [-0.05, 0) is 29.0 Å². The van der Waals surface area contributed by atoms with Crippen molar-refractivity contribution in [2.75, 3.05) is 0 Å². The summed E-state index contributed by atoms with van der Waals surface area (Å²) in [5.41, 5.74) is 4.55. The molecule has 0 aliphatic carbocycles. The Kier molecular flexibility index (Phi) is 2.75. The Morgan fingerprint density at radius 2 is 1.75 bits per heavy atom. The molecular formula is C14H19NO. The lowest BCUT2D eigenvalue weighted by Crippen LogP contribution is -1.94. The number of aromatic nitrogens is 1. The summed E-state index contributed by atoms with van der Waals surface area (Å²) in [6.45, 7) is 10.7. The maximum Gasteiger partial charge on any atom is 0.192 e. The number of oxazole rings is 1. The zero-order valence-corrected chi connectivity index (χ0v) is 10.7. The number of hydrogen-bond acceptors (Lipinski definition) is 2. The van der Waals surface area contributed by atoms with E-state index in [9.17, 15) is 0 Å². The van der Waals surface area contributed by atoms with Gasteiger partial charge in [-0.2, -0.15) is 0 Å². The largest absolute Gasteiger partial charge is 0.441 e. The smallest absolute Gasteiger partial charge is 0.192 e. The number of rotatable bonds is 2. The first-order chi connectivity index (χ1) is 7.49. The van der Waals surface area contributed by atoms with Crippen LogP contribution in [0.5, 0.6) is 0 Å². The van der Waals surface area contributed by atoms with Crippen molar-refractivity contribution in [2.24, 2.45) is 0 Å². The Bertz CT molecular complexity index is 509. The SMILES string of the molecule is Cc1nc2cc(C(C)C)cc(C(C)C)c2o1. The van der Waals surface area contributed by atoms with Gasteiger partial charge in [0.1, 0.15) is 5.52 Å². The molecule has 0 amide bonds. The van der Waals surface area contributed by atoms with E-state index in [1.165, 1.54) is 11.1 Å². The molecular weight excluding hydrogens is 198 g/mol. The van der Waals surface area contributed by atoms with E-state index in [0.717, 1.165) is 17.0 Å². The second-order valence-electron chi connectivity index (χ2n) is 5.00. The third-order valence-electron chi connectivity index (χ3n) is 2.94. The minimum Gasteiger partial charge on any atom is -0.441 e. The van der Waals surface area contributed by atoms with Gasteiger partial charge in [0.05, 0.1) is 0 Å². The van der Waals surface area contributed by atoms with Crippen LogP contribution in [0.3, 0.4) is 0 Å². The Balaban J connectivity index is 2.73. The highest BCUT2D eigenvalue weighted by Gasteiger charge is 2.14. The van der Waals surface area contributed by atoms with Crippen LogP contribution in [0.2, 0.25) is 0 Å². The first-order valence-electron chi connectivity index (χ1n) is 5.90. The summed E-state index contributed by atoms with van der Waals surface area (Å²) < 4.78 is 5.68. The minimum absolute atomic E-state index is 0.466. The maximum absolute atomic E-state index is 5.68. The van der Waals surface area contributed by atoms with Crippen LogP contribution in [0.4, 0.5) is 0 Å². The zero-order chi connectivity index (χ0) is 11.9. The van der Waals surface area contributed by atoms with Gasteiger partial charge in [-0.3, -0.25) is 0 Å². The van der Waals surface area contributed by atoms with Crippen molar-refractivity contribution < 1.29 is 4.42 Å². The molecule has 0 aliphatic heterocycles. The molecule has 0 radical (unpaired) electrons. The fraction of sp³-hybridized carbons (Fsp3) is 0.500. The molecule has 0 atom stereocenters. The molecule has 0 fully saturated rings. The quantitative estimate of drug-likeness (QED) is 0.746. The molecule has 2 aromatic rings. The molecule has 2 rings (SSSR count). The Morgan fingerprint density at radius 1 is 1.06 bits per heavy atom. The standard InChI is InChI=1S/C14H19NO/c1-8(2)11-6-12(9(3)4)14-13(7-11)15-10(5)16-14/h6-9H,1-5H3. The Labute approximate surface area is 96.7 Å². The molecule has 1 aromatic carbocycles. The van der Waals surface area contributed by atoms with Crippen molar-refractivity contribution in [1.29, 1.82) is 0 Å². The molecule has 2 heteroatoms. The Hall–Kier alpha value is -1.31. The number of nitrogens with zero attached hydrogens (tertiary/aromatic N) is 1. The number of aryl methyl sites for hydroxylation is 1. The lowest BCUT2D eigenvalue weighted by atomic mass is 9.95. The van der Waals surface area contributed by atoms with Crippen molar-refractivity contribution in [3.05, 3.63) is 29.2 Å². The lowest BCUT2D eigenvalue weighted by Gasteiger charge is -2.11. The van der Waals surface area contributed by atoms with Crippen LogP contribution >= 0.6 is 0 Å². The van der Waals surface area contributed by atoms with Crippen LogP contribution in [0.25, 0.3) is 11.1 Å². The monoisotopic (exact) mass is 217 g/mol. The number of benzene rings is 1. The van der Waals surface area contributed by atoms with Crippen LogP contribution < -0.4 is 0 Å². The molecule has 1 aromatic heterocycles. The number of fused-ring (bicyclic) bond motifs is 1. The third-order valence-corrected chi connectivity index (χ3v) is 2.94. The molecule has 2 nitrogen and oxygen atoms in total. The van der Waals surface area contributed by atoms with Gasteiger partial charge in [0.2, 0.25) is 0 Å². The highest BCUT2D eigenvalue weighted by molar-refractivity contribution is 5.78. The summed E-state index contributed by atoms with van der Waals surface area (Å²) in [7, 11) is 0. The van der Waals surface area contributed by atoms with Crippen LogP contribution in [0.15, 0.2) is 16.5 Å². The van der Waals surface area contributed by atoms with E-state index in [0.29, 0.717) is 11.8 Å². The summed E-state index contributed by atoms with van der Waals surface area (Å²) in [6, 6.07) is 4.39. The van der Waals surface area contributed by atoms with Gasteiger partial charge in [0.25, 0.3) is 0 Å². The van der Waals surface area contributed by atoms with E-state index in [1.54, 1.807) is 0 Å². The molecule has 0 N–H and O–H groups in total. The van der Waals surface area contributed by atoms with Gasteiger partial charge in [0, 0.05) is 6.92 Å². The van der Waals surface area contributed by atoms with Gasteiger partial charge >= 0.3 is 0 Å². The van der Waals surface area contributed by atoms with E-state index in [2.05, 4.69) is 44.8 Å². The maximum atomic E-state index is 5.68. The minimum atomic E-state index is 0.466. The highest BCUT2D eigenvalue weighted by atomic mass is 16.3. The van der Waals surface area contributed by atoms with Gasteiger partial charge in [-0.1, -0.05) is 33.8 Å². The van der Waals surface area contributed by atoms with Gasteiger partial charge < -0.3 is 4.42 Å².